The smallest absolute Gasteiger partial charge is 0.241 e. The highest BCUT2D eigenvalue weighted by Gasteiger charge is 2.44. The summed E-state index contributed by atoms with van der Waals surface area (Å²) in [7, 11) is 0. The second-order valence-electron chi connectivity index (χ2n) is 7.09. The molecule has 3 heteroatoms. The third-order valence-electron chi connectivity index (χ3n) is 4.97. The van der Waals surface area contributed by atoms with Gasteiger partial charge in [-0.05, 0) is 42.7 Å². The van der Waals surface area contributed by atoms with E-state index in [0.717, 1.165) is 18.8 Å². The summed E-state index contributed by atoms with van der Waals surface area (Å²) in [6.07, 6.45) is 2.33. The SMILES string of the molecule is CC1CC(N2C(=O)C(C)NC2c2ccc(C(C)C)cc2)C1. The lowest BCUT2D eigenvalue weighted by atomic mass is 9.80. The molecule has 1 heterocycles. The van der Waals surface area contributed by atoms with Crippen LogP contribution >= 0.6 is 0 Å². The predicted octanol–water partition coefficient (Wildman–Crippen LogP) is 3.43. The molecule has 21 heavy (non-hydrogen) atoms. The van der Waals surface area contributed by atoms with Gasteiger partial charge in [-0.25, -0.2) is 0 Å². The van der Waals surface area contributed by atoms with E-state index in [9.17, 15) is 4.79 Å². The highest BCUT2D eigenvalue weighted by atomic mass is 16.2. The van der Waals surface area contributed by atoms with Crippen LogP contribution in [0.2, 0.25) is 0 Å². The van der Waals surface area contributed by atoms with Gasteiger partial charge >= 0.3 is 0 Å². The van der Waals surface area contributed by atoms with E-state index in [2.05, 4.69) is 55.3 Å². The Labute approximate surface area is 127 Å². The van der Waals surface area contributed by atoms with Crippen LogP contribution < -0.4 is 5.32 Å². The van der Waals surface area contributed by atoms with Gasteiger partial charge in [-0.3, -0.25) is 10.1 Å². The summed E-state index contributed by atoms with van der Waals surface area (Å²) in [5, 5.41) is 3.46. The summed E-state index contributed by atoms with van der Waals surface area (Å²) < 4.78 is 0. The molecule has 114 valence electrons. The van der Waals surface area contributed by atoms with Gasteiger partial charge in [0.05, 0.1) is 6.04 Å². The number of amides is 1. The van der Waals surface area contributed by atoms with Crippen LogP contribution in [0.4, 0.5) is 0 Å². The molecule has 1 aromatic carbocycles. The third-order valence-corrected chi connectivity index (χ3v) is 4.97. The second kappa shape index (κ2) is 5.45. The van der Waals surface area contributed by atoms with Crippen molar-refractivity contribution in [3.8, 4) is 0 Å². The van der Waals surface area contributed by atoms with E-state index >= 15 is 0 Å². The van der Waals surface area contributed by atoms with E-state index in [1.165, 1.54) is 11.1 Å². The molecule has 2 atom stereocenters. The lowest BCUT2D eigenvalue weighted by molar-refractivity contribution is -0.134. The van der Waals surface area contributed by atoms with Gasteiger partial charge in [0.1, 0.15) is 6.17 Å². The van der Waals surface area contributed by atoms with Gasteiger partial charge in [0.25, 0.3) is 0 Å². The quantitative estimate of drug-likeness (QED) is 0.923. The summed E-state index contributed by atoms with van der Waals surface area (Å²) in [5.41, 5.74) is 2.55. The summed E-state index contributed by atoms with van der Waals surface area (Å²) in [6.45, 7) is 8.65. The van der Waals surface area contributed by atoms with Crippen molar-refractivity contribution in [2.45, 2.75) is 64.7 Å². The Kier molecular flexibility index (Phi) is 3.78. The number of benzene rings is 1. The molecule has 2 unspecified atom stereocenters. The van der Waals surface area contributed by atoms with E-state index in [4.69, 9.17) is 0 Å². The molecule has 1 saturated carbocycles. The normalized spacial score (nSPS) is 32.6. The topological polar surface area (TPSA) is 32.3 Å². The first-order valence-electron chi connectivity index (χ1n) is 8.15. The van der Waals surface area contributed by atoms with Gasteiger partial charge in [-0.15, -0.1) is 0 Å². The zero-order valence-corrected chi connectivity index (χ0v) is 13.5. The van der Waals surface area contributed by atoms with Crippen molar-refractivity contribution >= 4 is 5.91 Å². The number of hydrogen-bond acceptors (Lipinski definition) is 2. The highest BCUT2D eigenvalue weighted by molar-refractivity contribution is 5.84. The van der Waals surface area contributed by atoms with Crippen LogP contribution in [-0.4, -0.2) is 22.9 Å². The molecule has 1 aromatic rings. The monoisotopic (exact) mass is 286 g/mol. The van der Waals surface area contributed by atoms with Crippen molar-refractivity contribution in [3.63, 3.8) is 0 Å². The molecule has 0 bridgehead atoms. The molecule has 2 fully saturated rings. The minimum absolute atomic E-state index is 0.0474. The van der Waals surface area contributed by atoms with Crippen molar-refractivity contribution in [1.29, 1.82) is 0 Å². The van der Waals surface area contributed by atoms with Crippen molar-refractivity contribution in [2.75, 3.05) is 0 Å². The van der Waals surface area contributed by atoms with E-state index < -0.39 is 0 Å². The highest BCUT2D eigenvalue weighted by Crippen LogP contribution is 2.38. The van der Waals surface area contributed by atoms with Gasteiger partial charge < -0.3 is 4.90 Å². The van der Waals surface area contributed by atoms with E-state index in [-0.39, 0.29) is 18.1 Å². The third kappa shape index (κ3) is 2.59. The molecular formula is C18H26N2O. The van der Waals surface area contributed by atoms with Crippen molar-refractivity contribution in [1.82, 2.24) is 10.2 Å². The maximum atomic E-state index is 12.5. The first kappa shape index (κ1) is 14.6. The molecule has 1 aliphatic carbocycles. The van der Waals surface area contributed by atoms with Crippen LogP contribution in [0.5, 0.6) is 0 Å². The van der Waals surface area contributed by atoms with Crippen LogP contribution in [-0.2, 0) is 4.79 Å². The molecule has 3 rings (SSSR count). The summed E-state index contributed by atoms with van der Waals surface area (Å²) >= 11 is 0. The minimum Gasteiger partial charge on any atom is -0.319 e. The van der Waals surface area contributed by atoms with Gasteiger partial charge in [0, 0.05) is 6.04 Å². The average Bonchev–Trinajstić information content (AvgIpc) is 2.72. The van der Waals surface area contributed by atoms with Crippen molar-refractivity contribution in [3.05, 3.63) is 35.4 Å². The first-order valence-corrected chi connectivity index (χ1v) is 8.15. The van der Waals surface area contributed by atoms with Crippen molar-refractivity contribution < 1.29 is 4.79 Å². The average molecular weight is 286 g/mol. The molecule has 1 saturated heterocycles. The standard InChI is InChI=1S/C18H26N2O/c1-11(2)14-5-7-15(8-6-14)17-19-13(4)18(21)20(17)16-9-12(3)10-16/h5-8,11-13,16-17,19H,9-10H2,1-4H3. The Bertz CT molecular complexity index is 517. The number of nitrogens with zero attached hydrogens (tertiary/aromatic N) is 1. The van der Waals surface area contributed by atoms with E-state index in [0.29, 0.717) is 12.0 Å². The summed E-state index contributed by atoms with van der Waals surface area (Å²) in [5.74, 6) is 1.55. The molecule has 1 aliphatic heterocycles. The van der Waals surface area contributed by atoms with Crippen LogP contribution in [0.25, 0.3) is 0 Å². The maximum absolute atomic E-state index is 12.5. The van der Waals surface area contributed by atoms with Crippen LogP contribution in [0.3, 0.4) is 0 Å². The Morgan fingerprint density at radius 2 is 1.76 bits per heavy atom. The molecular weight excluding hydrogens is 260 g/mol. The zero-order valence-electron chi connectivity index (χ0n) is 13.5. The lowest BCUT2D eigenvalue weighted by Gasteiger charge is -2.42. The second-order valence-corrected chi connectivity index (χ2v) is 7.09. The predicted molar refractivity (Wildman–Crippen MR) is 84.9 cm³/mol. The fourth-order valence-electron chi connectivity index (χ4n) is 3.54. The largest absolute Gasteiger partial charge is 0.319 e. The lowest BCUT2D eigenvalue weighted by Crippen LogP contribution is -2.46. The maximum Gasteiger partial charge on any atom is 0.241 e. The molecule has 0 radical (unpaired) electrons. The minimum atomic E-state index is -0.0734. The molecule has 1 N–H and O–H groups in total. The van der Waals surface area contributed by atoms with Crippen molar-refractivity contribution in [2.24, 2.45) is 5.92 Å². The Hall–Kier alpha value is -1.35. The number of carbonyl (C=O) groups excluding carboxylic acids is 1. The summed E-state index contributed by atoms with van der Waals surface area (Å²) in [6, 6.07) is 9.07. The Balaban J connectivity index is 1.83. The summed E-state index contributed by atoms with van der Waals surface area (Å²) in [4.78, 5) is 14.6. The Morgan fingerprint density at radius 1 is 1.14 bits per heavy atom. The van der Waals surface area contributed by atoms with E-state index in [1.807, 2.05) is 6.92 Å². The Morgan fingerprint density at radius 3 is 2.29 bits per heavy atom. The molecule has 2 aliphatic rings. The fourth-order valence-corrected chi connectivity index (χ4v) is 3.54. The van der Waals surface area contributed by atoms with Gasteiger partial charge in [-0.1, -0.05) is 45.0 Å². The van der Waals surface area contributed by atoms with Gasteiger partial charge in [-0.2, -0.15) is 0 Å². The number of nitrogens with one attached hydrogen (secondary N) is 1. The molecule has 0 spiro atoms. The first-order chi connectivity index (χ1) is 9.97. The van der Waals surface area contributed by atoms with E-state index in [1.54, 1.807) is 0 Å². The van der Waals surface area contributed by atoms with Crippen LogP contribution in [0.15, 0.2) is 24.3 Å². The number of rotatable bonds is 3. The van der Waals surface area contributed by atoms with Gasteiger partial charge in [0.2, 0.25) is 5.91 Å². The van der Waals surface area contributed by atoms with Gasteiger partial charge in [0.15, 0.2) is 0 Å². The zero-order chi connectivity index (χ0) is 15.1. The van der Waals surface area contributed by atoms with Crippen LogP contribution in [0, 0.1) is 5.92 Å². The number of carbonyl (C=O) groups is 1. The molecule has 3 nitrogen and oxygen atoms in total. The fraction of sp³-hybridized carbons (Fsp3) is 0.611. The molecule has 0 aromatic heterocycles. The molecule has 1 amide bonds. The number of hydrogen-bond donors (Lipinski definition) is 1. The van der Waals surface area contributed by atoms with Crippen LogP contribution in [0.1, 0.15) is 63.7 Å².